The fourth-order valence-corrected chi connectivity index (χ4v) is 5.22. The third kappa shape index (κ3) is 4.23. The summed E-state index contributed by atoms with van der Waals surface area (Å²) in [6.45, 7) is 6.74. The fraction of sp³-hybridized carbons (Fsp3) is 0.435. The van der Waals surface area contributed by atoms with Crippen molar-refractivity contribution >= 4 is 17.7 Å². The minimum absolute atomic E-state index is 0.126. The molecule has 0 saturated heterocycles. The molecule has 0 atom stereocenters. The Morgan fingerprint density at radius 3 is 2.57 bits per heavy atom. The molecule has 1 aliphatic heterocycles. The van der Waals surface area contributed by atoms with Crippen molar-refractivity contribution in [3.63, 3.8) is 0 Å². The predicted molar refractivity (Wildman–Crippen MR) is 113 cm³/mol. The van der Waals surface area contributed by atoms with Gasteiger partial charge in [-0.25, -0.2) is 0 Å². The highest BCUT2D eigenvalue weighted by Crippen LogP contribution is 2.46. The second-order valence-corrected chi connectivity index (χ2v) is 8.31. The molecule has 1 aromatic carbocycles. The molecule has 0 aliphatic carbocycles. The Balaban J connectivity index is 1.97. The van der Waals surface area contributed by atoms with E-state index in [1.165, 1.54) is 28.2 Å². The van der Waals surface area contributed by atoms with Gasteiger partial charge in [0.05, 0.1) is 12.1 Å². The van der Waals surface area contributed by atoms with Crippen molar-refractivity contribution in [3.05, 3.63) is 52.3 Å². The molecule has 1 aliphatic rings. The minimum atomic E-state index is -0.914. The zero-order chi connectivity index (χ0) is 20.1. The van der Waals surface area contributed by atoms with Crippen LogP contribution >= 0.6 is 11.8 Å². The molecule has 2 aromatic rings. The van der Waals surface area contributed by atoms with Gasteiger partial charge in [-0.3, -0.25) is 4.79 Å². The molecule has 1 aromatic heterocycles. The predicted octanol–water partition coefficient (Wildman–Crippen LogP) is 4.62. The molecule has 0 amide bonds. The summed E-state index contributed by atoms with van der Waals surface area (Å²) < 4.78 is 0. The van der Waals surface area contributed by atoms with E-state index in [-0.39, 0.29) is 11.8 Å². The number of aromatic nitrogens is 2. The molecule has 4 nitrogen and oxygen atoms in total. The van der Waals surface area contributed by atoms with Gasteiger partial charge in [-0.15, -0.1) is 16.9 Å². The molecule has 28 heavy (non-hydrogen) atoms. The van der Waals surface area contributed by atoms with E-state index in [2.05, 4.69) is 54.9 Å². The molecular formula is C23H26N2O2S. The normalized spacial score (nSPS) is 14.7. The number of fused-ring (bicyclic) bond motifs is 1. The molecule has 3 rings (SSSR count). The molecule has 0 fully saturated rings. The Bertz CT molecular complexity index is 922. The standard InChI is InChI=1S/C23H26N2O2S/c1-4-16-14-21-20(23(5-2,6-3)11-12-28-21)13-17(16)7-8-18-9-10-19(25-24-18)15-22(26)27/h9-10,13-14H,4-6,11-12,15H2,1-3H3,(H,26,27). The van der Waals surface area contributed by atoms with Crippen LogP contribution in [-0.4, -0.2) is 27.0 Å². The summed E-state index contributed by atoms with van der Waals surface area (Å²) in [5.41, 5.74) is 5.01. The second kappa shape index (κ2) is 8.79. The average molecular weight is 395 g/mol. The van der Waals surface area contributed by atoms with Gasteiger partial charge in [0.25, 0.3) is 0 Å². The van der Waals surface area contributed by atoms with E-state index in [0.717, 1.165) is 24.8 Å². The van der Waals surface area contributed by atoms with Crippen LogP contribution < -0.4 is 0 Å². The highest BCUT2D eigenvalue weighted by atomic mass is 32.2. The van der Waals surface area contributed by atoms with E-state index >= 15 is 0 Å². The number of benzene rings is 1. The van der Waals surface area contributed by atoms with Crippen LogP contribution in [0.3, 0.4) is 0 Å². The van der Waals surface area contributed by atoms with Gasteiger partial charge in [-0.2, -0.15) is 5.10 Å². The van der Waals surface area contributed by atoms with Gasteiger partial charge in [0.2, 0.25) is 0 Å². The van der Waals surface area contributed by atoms with Gasteiger partial charge in [-0.05, 0) is 78.2 Å². The van der Waals surface area contributed by atoms with Gasteiger partial charge in [0.15, 0.2) is 0 Å². The highest BCUT2D eigenvalue weighted by Gasteiger charge is 2.34. The number of thioether (sulfide) groups is 1. The number of carboxylic acid groups (broad SMARTS) is 1. The second-order valence-electron chi connectivity index (χ2n) is 7.18. The number of carboxylic acids is 1. The zero-order valence-corrected chi connectivity index (χ0v) is 17.5. The van der Waals surface area contributed by atoms with Crippen LogP contribution in [0.1, 0.15) is 68.1 Å². The average Bonchev–Trinajstić information content (AvgIpc) is 2.71. The van der Waals surface area contributed by atoms with Gasteiger partial charge in [-0.1, -0.05) is 26.7 Å². The summed E-state index contributed by atoms with van der Waals surface area (Å²) in [4.78, 5) is 12.2. The first kappa shape index (κ1) is 20.4. The molecular weight excluding hydrogens is 368 g/mol. The van der Waals surface area contributed by atoms with Crippen LogP contribution in [-0.2, 0) is 23.1 Å². The largest absolute Gasteiger partial charge is 0.481 e. The summed E-state index contributed by atoms with van der Waals surface area (Å²) in [6.07, 6.45) is 4.32. The fourth-order valence-electron chi connectivity index (χ4n) is 3.85. The first-order valence-corrected chi connectivity index (χ1v) is 10.9. The van der Waals surface area contributed by atoms with Gasteiger partial charge >= 0.3 is 5.97 Å². The molecule has 0 unspecified atom stereocenters. The van der Waals surface area contributed by atoms with Crippen LogP contribution in [0.5, 0.6) is 0 Å². The first-order valence-electron chi connectivity index (χ1n) is 9.88. The number of hydrogen-bond donors (Lipinski definition) is 1. The summed E-state index contributed by atoms with van der Waals surface area (Å²) in [5, 5.41) is 16.8. The summed E-state index contributed by atoms with van der Waals surface area (Å²) in [5.74, 6) is 6.68. The third-order valence-electron chi connectivity index (χ3n) is 5.73. The van der Waals surface area contributed by atoms with E-state index in [9.17, 15) is 4.79 Å². The lowest BCUT2D eigenvalue weighted by Gasteiger charge is -2.38. The number of carbonyl (C=O) groups is 1. The van der Waals surface area contributed by atoms with Crippen molar-refractivity contribution in [1.29, 1.82) is 0 Å². The van der Waals surface area contributed by atoms with Crippen molar-refractivity contribution < 1.29 is 9.90 Å². The van der Waals surface area contributed by atoms with E-state index in [0.29, 0.717) is 11.4 Å². The van der Waals surface area contributed by atoms with E-state index in [1.807, 2.05) is 11.8 Å². The lowest BCUT2D eigenvalue weighted by Crippen LogP contribution is -2.29. The number of nitrogens with zero attached hydrogens (tertiary/aromatic N) is 2. The molecule has 0 bridgehead atoms. The maximum Gasteiger partial charge on any atom is 0.309 e. The van der Waals surface area contributed by atoms with Gasteiger partial charge in [0, 0.05) is 10.5 Å². The monoisotopic (exact) mass is 394 g/mol. The molecule has 0 spiro atoms. The van der Waals surface area contributed by atoms with Crippen LogP contribution in [0.4, 0.5) is 0 Å². The van der Waals surface area contributed by atoms with Crippen LogP contribution in [0.2, 0.25) is 0 Å². The molecule has 0 radical (unpaired) electrons. The Morgan fingerprint density at radius 2 is 1.96 bits per heavy atom. The van der Waals surface area contributed by atoms with Gasteiger partial charge < -0.3 is 5.11 Å². The lowest BCUT2D eigenvalue weighted by atomic mass is 9.72. The zero-order valence-electron chi connectivity index (χ0n) is 16.7. The summed E-state index contributed by atoms with van der Waals surface area (Å²) in [6, 6.07) is 8.03. The molecule has 1 N–H and O–H groups in total. The maximum absolute atomic E-state index is 10.8. The van der Waals surface area contributed by atoms with E-state index in [4.69, 9.17) is 5.11 Å². The van der Waals surface area contributed by atoms with Crippen molar-refractivity contribution in [2.45, 2.75) is 63.2 Å². The Hall–Kier alpha value is -2.32. The van der Waals surface area contributed by atoms with Crippen LogP contribution in [0.25, 0.3) is 0 Å². The van der Waals surface area contributed by atoms with E-state index < -0.39 is 5.97 Å². The van der Waals surface area contributed by atoms with Crippen molar-refractivity contribution in [2.24, 2.45) is 0 Å². The maximum atomic E-state index is 10.8. The first-order chi connectivity index (χ1) is 13.5. The molecule has 2 heterocycles. The molecule has 146 valence electrons. The lowest BCUT2D eigenvalue weighted by molar-refractivity contribution is -0.136. The number of hydrogen-bond acceptors (Lipinski definition) is 4. The van der Waals surface area contributed by atoms with Crippen molar-refractivity contribution in [1.82, 2.24) is 10.2 Å². The minimum Gasteiger partial charge on any atom is -0.481 e. The van der Waals surface area contributed by atoms with Crippen LogP contribution in [0.15, 0.2) is 29.2 Å². The SMILES string of the molecule is CCc1cc2c(cc1C#Cc1ccc(CC(=O)O)nn1)C(CC)(CC)CCS2. The van der Waals surface area contributed by atoms with Crippen LogP contribution in [0, 0.1) is 11.8 Å². The number of aliphatic carboxylic acids is 1. The Labute approximate surface area is 171 Å². The van der Waals surface area contributed by atoms with E-state index in [1.54, 1.807) is 12.1 Å². The quantitative estimate of drug-likeness (QED) is 0.750. The van der Waals surface area contributed by atoms with Crippen molar-refractivity contribution in [2.75, 3.05) is 5.75 Å². The molecule has 5 heteroatoms. The number of rotatable bonds is 5. The Kier molecular flexibility index (Phi) is 6.41. The summed E-state index contributed by atoms with van der Waals surface area (Å²) >= 11 is 1.96. The van der Waals surface area contributed by atoms with Gasteiger partial charge in [0.1, 0.15) is 5.69 Å². The third-order valence-corrected chi connectivity index (χ3v) is 6.78. The topological polar surface area (TPSA) is 63.1 Å². The molecule has 0 saturated carbocycles. The summed E-state index contributed by atoms with van der Waals surface area (Å²) in [7, 11) is 0. The highest BCUT2D eigenvalue weighted by molar-refractivity contribution is 7.99. The Morgan fingerprint density at radius 1 is 1.18 bits per heavy atom. The smallest absolute Gasteiger partial charge is 0.309 e. The number of aryl methyl sites for hydroxylation is 1. The van der Waals surface area contributed by atoms with Crippen molar-refractivity contribution in [3.8, 4) is 11.8 Å².